The van der Waals surface area contributed by atoms with Gasteiger partial charge in [-0.05, 0) is 36.4 Å². The first-order valence-corrected chi connectivity index (χ1v) is 8.18. The van der Waals surface area contributed by atoms with Crippen molar-refractivity contribution in [3.63, 3.8) is 0 Å². The normalized spacial score (nSPS) is 11.5. The number of halogens is 1. The maximum Gasteiger partial charge on any atom is 0.217 e. The Balaban J connectivity index is 1.42. The van der Waals surface area contributed by atoms with Crippen molar-refractivity contribution in [2.45, 2.75) is 6.61 Å². The van der Waals surface area contributed by atoms with Crippen LogP contribution >= 0.6 is 0 Å². The predicted molar refractivity (Wildman–Crippen MR) is 93.5 cm³/mol. The van der Waals surface area contributed by atoms with Crippen molar-refractivity contribution >= 4 is 16.7 Å². The van der Waals surface area contributed by atoms with Crippen LogP contribution in [-0.4, -0.2) is 29.4 Å². The maximum atomic E-state index is 12.9. The van der Waals surface area contributed by atoms with Crippen LogP contribution < -0.4 is 4.74 Å². The lowest BCUT2D eigenvalue weighted by Crippen LogP contribution is -1.94. The molecule has 134 valence electrons. The van der Waals surface area contributed by atoms with E-state index in [1.54, 1.807) is 46.0 Å². The molecule has 0 fully saturated rings. The van der Waals surface area contributed by atoms with Crippen LogP contribution in [0.4, 0.5) is 4.39 Å². The second kappa shape index (κ2) is 5.90. The summed E-state index contributed by atoms with van der Waals surface area (Å²) in [5.74, 6) is 1.83. The molecule has 0 atom stereocenters. The van der Waals surface area contributed by atoms with Crippen LogP contribution in [0.3, 0.4) is 0 Å². The molecule has 27 heavy (non-hydrogen) atoms. The van der Waals surface area contributed by atoms with Gasteiger partial charge in [0.2, 0.25) is 5.82 Å². The van der Waals surface area contributed by atoms with E-state index in [0.717, 1.165) is 11.0 Å². The van der Waals surface area contributed by atoms with Gasteiger partial charge in [-0.25, -0.2) is 18.9 Å². The maximum absolute atomic E-state index is 12.9. The molecular formula is C18H13FN6O2. The number of fused-ring (bicyclic) bond motifs is 3. The van der Waals surface area contributed by atoms with E-state index in [0.29, 0.717) is 28.7 Å². The second-order valence-electron chi connectivity index (χ2n) is 5.96. The fraction of sp³-hybridized carbons (Fsp3) is 0.111. The molecule has 5 aromatic rings. The number of ether oxygens (including phenoxy) is 1. The van der Waals surface area contributed by atoms with Crippen molar-refractivity contribution in [3.8, 4) is 17.3 Å². The zero-order chi connectivity index (χ0) is 18.4. The molecule has 0 N–H and O–H groups in total. The monoisotopic (exact) mass is 364 g/mol. The minimum absolute atomic E-state index is 0.216. The van der Waals surface area contributed by atoms with Gasteiger partial charge >= 0.3 is 0 Å². The third-order valence-corrected chi connectivity index (χ3v) is 4.15. The van der Waals surface area contributed by atoms with E-state index >= 15 is 0 Å². The van der Waals surface area contributed by atoms with Gasteiger partial charge in [-0.1, -0.05) is 0 Å². The van der Waals surface area contributed by atoms with E-state index in [4.69, 9.17) is 9.15 Å². The highest BCUT2D eigenvalue weighted by Crippen LogP contribution is 2.23. The summed E-state index contributed by atoms with van der Waals surface area (Å²) in [4.78, 5) is 8.88. The van der Waals surface area contributed by atoms with Gasteiger partial charge in [-0.15, -0.1) is 5.10 Å². The summed E-state index contributed by atoms with van der Waals surface area (Å²) in [6, 6.07) is 9.39. The lowest BCUT2D eigenvalue weighted by Gasteiger charge is -2.03. The summed E-state index contributed by atoms with van der Waals surface area (Å²) in [6.45, 7) is 0.216. The minimum atomic E-state index is -0.308. The quantitative estimate of drug-likeness (QED) is 0.487. The van der Waals surface area contributed by atoms with E-state index in [9.17, 15) is 4.39 Å². The predicted octanol–water partition coefficient (Wildman–Crippen LogP) is 2.99. The van der Waals surface area contributed by atoms with Crippen molar-refractivity contribution in [1.29, 1.82) is 0 Å². The topological polar surface area (TPSA) is 83.3 Å². The smallest absolute Gasteiger partial charge is 0.217 e. The first-order chi connectivity index (χ1) is 13.2. The summed E-state index contributed by atoms with van der Waals surface area (Å²) in [5, 5.41) is 9.42. The zero-order valence-corrected chi connectivity index (χ0v) is 14.2. The molecule has 0 aliphatic rings. The first kappa shape index (κ1) is 15.5. The van der Waals surface area contributed by atoms with Crippen LogP contribution in [0.5, 0.6) is 5.75 Å². The summed E-state index contributed by atoms with van der Waals surface area (Å²) in [5.41, 5.74) is 1.39. The lowest BCUT2D eigenvalue weighted by molar-refractivity contribution is 0.271. The molecule has 0 aliphatic carbocycles. The van der Waals surface area contributed by atoms with Gasteiger partial charge in [0, 0.05) is 7.05 Å². The highest BCUT2D eigenvalue weighted by Gasteiger charge is 2.15. The van der Waals surface area contributed by atoms with E-state index < -0.39 is 0 Å². The molecular weight excluding hydrogens is 351 g/mol. The van der Waals surface area contributed by atoms with Crippen LogP contribution in [0, 0.1) is 5.82 Å². The standard InChI is InChI=1S/C18H13FN6O2/c1-24-17-14(8-21-24)18-22-16(23-25(18)10-20-17)15-7-6-13(27-15)9-26-12-4-2-11(19)3-5-12/h2-8,10H,9H2,1H3. The Morgan fingerprint density at radius 3 is 2.81 bits per heavy atom. The van der Waals surface area contributed by atoms with Crippen molar-refractivity contribution in [1.82, 2.24) is 29.4 Å². The second-order valence-corrected chi connectivity index (χ2v) is 5.96. The molecule has 9 heteroatoms. The molecule has 0 bridgehead atoms. The molecule has 0 spiro atoms. The fourth-order valence-electron chi connectivity index (χ4n) is 2.80. The van der Waals surface area contributed by atoms with Gasteiger partial charge in [0.25, 0.3) is 0 Å². The number of furan rings is 1. The largest absolute Gasteiger partial charge is 0.486 e. The van der Waals surface area contributed by atoms with Crippen molar-refractivity contribution < 1.29 is 13.5 Å². The molecule has 0 amide bonds. The Bertz CT molecular complexity index is 1250. The minimum Gasteiger partial charge on any atom is -0.486 e. The molecule has 0 unspecified atom stereocenters. The molecule has 5 rings (SSSR count). The van der Waals surface area contributed by atoms with Crippen molar-refractivity contribution in [2.24, 2.45) is 7.05 Å². The Labute approximate surface area is 151 Å². The third-order valence-electron chi connectivity index (χ3n) is 4.15. The highest BCUT2D eigenvalue weighted by molar-refractivity contribution is 5.88. The number of hydrogen-bond donors (Lipinski definition) is 0. The van der Waals surface area contributed by atoms with E-state index in [-0.39, 0.29) is 12.4 Å². The number of rotatable bonds is 4. The highest BCUT2D eigenvalue weighted by atomic mass is 19.1. The Morgan fingerprint density at radius 1 is 1.11 bits per heavy atom. The number of hydrogen-bond acceptors (Lipinski definition) is 6. The molecule has 0 saturated heterocycles. The van der Waals surface area contributed by atoms with E-state index in [1.165, 1.54) is 12.1 Å². The van der Waals surface area contributed by atoms with Gasteiger partial charge in [-0.2, -0.15) is 5.10 Å². The summed E-state index contributed by atoms with van der Waals surface area (Å²) in [7, 11) is 1.82. The van der Waals surface area contributed by atoms with Crippen molar-refractivity contribution in [2.75, 3.05) is 0 Å². The third kappa shape index (κ3) is 2.69. The number of aromatic nitrogens is 6. The molecule has 0 saturated carbocycles. The van der Waals surface area contributed by atoms with Crippen LogP contribution in [0.2, 0.25) is 0 Å². The Morgan fingerprint density at radius 2 is 1.96 bits per heavy atom. The van der Waals surface area contributed by atoms with Gasteiger partial charge in [0.15, 0.2) is 17.1 Å². The Hall–Kier alpha value is -3.75. The van der Waals surface area contributed by atoms with Gasteiger partial charge in [-0.3, -0.25) is 4.68 Å². The number of benzene rings is 1. The molecule has 0 radical (unpaired) electrons. The zero-order valence-electron chi connectivity index (χ0n) is 14.2. The summed E-state index contributed by atoms with van der Waals surface area (Å²) in [6.07, 6.45) is 3.30. The van der Waals surface area contributed by atoms with Crippen LogP contribution in [0.25, 0.3) is 28.3 Å². The molecule has 0 aliphatic heterocycles. The fourth-order valence-corrected chi connectivity index (χ4v) is 2.80. The molecule has 4 heterocycles. The van der Waals surface area contributed by atoms with E-state index in [2.05, 4.69) is 20.2 Å². The first-order valence-electron chi connectivity index (χ1n) is 8.18. The number of aryl methyl sites for hydroxylation is 1. The van der Waals surface area contributed by atoms with E-state index in [1.807, 2.05) is 7.05 Å². The van der Waals surface area contributed by atoms with Gasteiger partial charge in [0.05, 0.1) is 11.6 Å². The van der Waals surface area contributed by atoms with Crippen LogP contribution in [0.15, 0.2) is 53.3 Å². The number of nitrogens with zero attached hydrogens (tertiary/aromatic N) is 6. The molecule has 1 aromatic carbocycles. The molecule has 4 aromatic heterocycles. The van der Waals surface area contributed by atoms with Crippen LogP contribution in [-0.2, 0) is 13.7 Å². The van der Waals surface area contributed by atoms with Crippen LogP contribution in [0.1, 0.15) is 5.76 Å². The average molecular weight is 364 g/mol. The lowest BCUT2D eigenvalue weighted by atomic mass is 10.3. The molecule has 8 nitrogen and oxygen atoms in total. The van der Waals surface area contributed by atoms with Gasteiger partial charge < -0.3 is 9.15 Å². The Kier molecular flexibility index (Phi) is 3.39. The summed E-state index contributed by atoms with van der Waals surface area (Å²) < 4.78 is 27.6. The SMILES string of the molecule is Cn1ncc2c1ncn1nc(-c3ccc(COc4ccc(F)cc4)o3)nc21. The van der Waals surface area contributed by atoms with Gasteiger partial charge in [0.1, 0.15) is 30.3 Å². The van der Waals surface area contributed by atoms with Crippen molar-refractivity contribution in [3.05, 3.63) is 60.5 Å². The average Bonchev–Trinajstić information content (AvgIpc) is 3.39. The summed E-state index contributed by atoms with van der Waals surface area (Å²) >= 11 is 0.